The molecule has 2 N–H and O–H groups in total. The third kappa shape index (κ3) is 3.73. The number of amides is 1. The number of carbonyl (C=O) groups is 1. The molecule has 1 amide bonds. The second-order valence-electron chi connectivity index (χ2n) is 6.68. The first-order chi connectivity index (χ1) is 13.5. The van der Waals surface area contributed by atoms with Gasteiger partial charge in [-0.2, -0.15) is 0 Å². The molecule has 1 aromatic heterocycles. The number of hydrogen-bond acceptors (Lipinski definition) is 6. The van der Waals surface area contributed by atoms with Crippen molar-refractivity contribution in [2.45, 2.75) is 20.8 Å². The molecule has 142 valence electrons. The highest BCUT2D eigenvalue weighted by Gasteiger charge is 2.16. The molecule has 0 radical (unpaired) electrons. The smallest absolute Gasteiger partial charge is 0.274 e. The minimum absolute atomic E-state index is 0.186. The summed E-state index contributed by atoms with van der Waals surface area (Å²) in [6.45, 7) is 6.04. The van der Waals surface area contributed by atoms with Crippen LogP contribution in [0.25, 0.3) is 0 Å². The lowest BCUT2D eigenvalue weighted by Crippen LogP contribution is -2.15. The topological polar surface area (TPSA) is 85.4 Å². The summed E-state index contributed by atoms with van der Waals surface area (Å²) < 4.78 is 10.6. The number of benzene rings is 2. The number of carbonyl (C=O) groups excluding carboxylic acids is 1. The molecule has 1 aliphatic rings. The molecule has 7 nitrogen and oxygen atoms in total. The van der Waals surface area contributed by atoms with Crippen LogP contribution >= 0.6 is 0 Å². The molecule has 0 fully saturated rings. The van der Waals surface area contributed by atoms with E-state index in [1.807, 2.05) is 39.0 Å². The Kier molecular flexibility index (Phi) is 4.57. The Morgan fingerprint density at radius 1 is 0.964 bits per heavy atom. The van der Waals surface area contributed by atoms with E-state index in [0.29, 0.717) is 28.8 Å². The number of fused-ring (bicyclic) bond motifs is 1. The van der Waals surface area contributed by atoms with Crippen LogP contribution in [0.4, 0.5) is 17.3 Å². The van der Waals surface area contributed by atoms with Crippen molar-refractivity contribution in [1.82, 2.24) is 9.97 Å². The van der Waals surface area contributed by atoms with E-state index in [2.05, 4.69) is 20.6 Å². The molecule has 0 saturated carbocycles. The number of nitrogens with one attached hydrogen (secondary N) is 2. The zero-order chi connectivity index (χ0) is 19.7. The second-order valence-corrected chi connectivity index (χ2v) is 6.68. The van der Waals surface area contributed by atoms with Gasteiger partial charge < -0.3 is 20.1 Å². The Balaban J connectivity index is 1.56. The monoisotopic (exact) mass is 376 g/mol. The fourth-order valence-electron chi connectivity index (χ4n) is 2.90. The van der Waals surface area contributed by atoms with Crippen LogP contribution in [0.1, 0.15) is 27.3 Å². The summed E-state index contributed by atoms with van der Waals surface area (Å²) in [5, 5.41) is 6.04. The van der Waals surface area contributed by atoms with Gasteiger partial charge in [-0.05, 0) is 56.2 Å². The van der Waals surface area contributed by atoms with Crippen molar-refractivity contribution in [2.75, 3.05) is 17.4 Å². The highest BCUT2D eigenvalue weighted by atomic mass is 16.7. The molecule has 2 aromatic carbocycles. The van der Waals surface area contributed by atoms with E-state index in [0.717, 1.165) is 16.8 Å². The molecule has 1 aliphatic heterocycles. The summed E-state index contributed by atoms with van der Waals surface area (Å²) in [6.07, 6.45) is 0. The quantitative estimate of drug-likeness (QED) is 0.712. The van der Waals surface area contributed by atoms with Crippen LogP contribution in [0.5, 0.6) is 11.5 Å². The fourth-order valence-corrected chi connectivity index (χ4v) is 2.90. The Bertz CT molecular complexity index is 1070. The van der Waals surface area contributed by atoms with E-state index in [9.17, 15) is 4.79 Å². The summed E-state index contributed by atoms with van der Waals surface area (Å²) in [4.78, 5) is 21.5. The van der Waals surface area contributed by atoms with Crippen molar-refractivity contribution in [1.29, 1.82) is 0 Å². The van der Waals surface area contributed by atoms with Crippen LogP contribution in [-0.4, -0.2) is 22.7 Å². The predicted molar refractivity (Wildman–Crippen MR) is 106 cm³/mol. The number of hydrogen-bond donors (Lipinski definition) is 2. The van der Waals surface area contributed by atoms with E-state index in [1.165, 1.54) is 0 Å². The van der Waals surface area contributed by atoms with Gasteiger partial charge in [0.25, 0.3) is 5.91 Å². The molecule has 0 spiro atoms. The molecule has 3 aromatic rings. The summed E-state index contributed by atoms with van der Waals surface area (Å²) in [6, 6.07) is 13.0. The number of ether oxygens (including phenoxy) is 2. The molecule has 2 heterocycles. The first-order valence-corrected chi connectivity index (χ1v) is 8.89. The van der Waals surface area contributed by atoms with Crippen LogP contribution in [0.3, 0.4) is 0 Å². The lowest BCUT2D eigenvalue weighted by molar-refractivity contribution is 0.102. The zero-order valence-corrected chi connectivity index (χ0v) is 15.9. The first kappa shape index (κ1) is 17.8. The maximum atomic E-state index is 12.7. The summed E-state index contributed by atoms with van der Waals surface area (Å²) >= 11 is 0. The minimum Gasteiger partial charge on any atom is -0.454 e. The van der Waals surface area contributed by atoms with Crippen LogP contribution < -0.4 is 20.1 Å². The highest BCUT2D eigenvalue weighted by Crippen LogP contribution is 2.34. The number of aryl methyl sites for hydroxylation is 3. The molecule has 0 saturated heterocycles. The first-order valence-electron chi connectivity index (χ1n) is 8.89. The number of nitrogens with zero attached hydrogens (tertiary/aromatic N) is 2. The van der Waals surface area contributed by atoms with Gasteiger partial charge in [0, 0.05) is 23.1 Å². The minimum atomic E-state index is -0.326. The van der Waals surface area contributed by atoms with Crippen molar-refractivity contribution in [3.63, 3.8) is 0 Å². The normalized spacial score (nSPS) is 12.0. The fraction of sp³-hybridized carbons (Fsp3) is 0.190. The molecule has 28 heavy (non-hydrogen) atoms. The standard InChI is InChI=1S/C21H20N4O3/c1-12-4-5-13(2)16(8-12)24-21-22-14(3)9-17(25-21)20(26)23-15-6-7-18-19(10-15)28-11-27-18/h4-10H,11H2,1-3H3,(H,23,26)(H,22,24,25). The van der Waals surface area contributed by atoms with Gasteiger partial charge in [-0.1, -0.05) is 12.1 Å². The molecule has 4 rings (SSSR count). The molecule has 7 heteroatoms. The van der Waals surface area contributed by atoms with Gasteiger partial charge in [0.05, 0.1) is 0 Å². The van der Waals surface area contributed by atoms with Crippen molar-refractivity contribution in [3.05, 3.63) is 65.0 Å². The van der Waals surface area contributed by atoms with Crippen LogP contribution in [-0.2, 0) is 0 Å². The van der Waals surface area contributed by atoms with E-state index in [-0.39, 0.29) is 18.4 Å². The van der Waals surface area contributed by atoms with Crippen molar-refractivity contribution >= 4 is 23.2 Å². The molecular formula is C21H20N4O3. The Morgan fingerprint density at radius 3 is 2.64 bits per heavy atom. The maximum Gasteiger partial charge on any atom is 0.274 e. The van der Waals surface area contributed by atoms with Gasteiger partial charge >= 0.3 is 0 Å². The Morgan fingerprint density at radius 2 is 1.79 bits per heavy atom. The van der Waals surface area contributed by atoms with E-state index >= 15 is 0 Å². The number of anilines is 3. The van der Waals surface area contributed by atoms with E-state index in [1.54, 1.807) is 24.3 Å². The van der Waals surface area contributed by atoms with Crippen molar-refractivity contribution in [2.24, 2.45) is 0 Å². The lowest BCUT2D eigenvalue weighted by atomic mass is 10.1. The number of rotatable bonds is 4. The molecule has 0 bridgehead atoms. The Labute approximate surface area is 162 Å². The zero-order valence-electron chi connectivity index (χ0n) is 15.9. The molecule has 0 aliphatic carbocycles. The highest BCUT2D eigenvalue weighted by molar-refractivity contribution is 6.03. The maximum absolute atomic E-state index is 12.7. The van der Waals surface area contributed by atoms with Crippen molar-refractivity contribution in [3.8, 4) is 11.5 Å². The third-order valence-electron chi connectivity index (χ3n) is 4.36. The largest absolute Gasteiger partial charge is 0.454 e. The van der Waals surface area contributed by atoms with E-state index < -0.39 is 0 Å². The summed E-state index contributed by atoms with van der Waals surface area (Å²) in [5.41, 5.74) is 4.68. The Hall–Kier alpha value is -3.61. The van der Waals surface area contributed by atoms with Crippen molar-refractivity contribution < 1.29 is 14.3 Å². The molecule has 0 unspecified atom stereocenters. The van der Waals surface area contributed by atoms with Gasteiger partial charge in [0.1, 0.15) is 5.69 Å². The predicted octanol–water partition coefficient (Wildman–Crippen LogP) is 4.13. The van der Waals surface area contributed by atoms with E-state index in [4.69, 9.17) is 9.47 Å². The van der Waals surface area contributed by atoms with Gasteiger partial charge in [0.2, 0.25) is 12.7 Å². The van der Waals surface area contributed by atoms with Gasteiger partial charge in [0.15, 0.2) is 11.5 Å². The van der Waals surface area contributed by atoms with Gasteiger partial charge in [-0.15, -0.1) is 0 Å². The van der Waals surface area contributed by atoms with Crippen LogP contribution in [0, 0.1) is 20.8 Å². The average molecular weight is 376 g/mol. The third-order valence-corrected chi connectivity index (χ3v) is 4.36. The summed E-state index contributed by atoms with van der Waals surface area (Å²) in [7, 11) is 0. The molecular weight excluding hydrogens is 356 g/mol. The van der Waals surface area contributed by atoms with Crippen LogP contribution in [0.2, 0.25) is 0 Å². The SMILES string of the molecule is Cc1ccc(C)c(Nc2nc(C)cc(C(=O)Nc3ccc4c(c3)OCO4)n2)c1. The van der Waals surface area contributed by atoms with Gasteiger partial charge in [-0.3, -0.25) is 4.79 Å². The number of aromatic nitrogens is 2. The van der Waals surface area contributed by atoms with Crippen LogP contribution in [0.15, 0.2) is 42.5 Å². The second kappa shape index (κ2) is 7.19. The lowest BCUT2D eigenvalue weighted by Gasteiger charge is -2.11. The average Bonchev–Trinajstić information content (AvgIpc) is 3.12. The molecule has 0 atom stereocenters. The van der Waals surface area contributed by atoms with Gasteiger partial charge in [-0.25, -0.2) is 9.97 Å². The summed E-state index contributed by atoms with van der Waals surface area (Å²) in [5.74, 6) is 1.32.